The summed E-state index contributed by atoms with van der Waals surface area (Å²) in [6.07, 6.45) is 0. The molecule has 0 aromatic carbocycles. The van der Waals surface area contributed by atoms with Crippen molar-refractivity contribution in [3.63, 3.8) is 0 Å². The van der Waals surface area contributed by atoms with Crippen LogP contribution in [0.4, 0.5) is 0 Å². The molecule has 0 radical (unpaired) electrons. The van der Waals surface area contributed by atoms with Gasteiger partial charge in [0.25, 0.3) is 0 Å². The van der Waals surface area contributed by atoms with Crippen LogP contribution in [-0.2, 0) is 13.6 Å². The third-order valence-corrected chi connectivity index (χ3v) is 3.58. The molecule has 0 aliphatic rings. The SMILES string of the molecule is BC(C)(C)N(C)Cc1c(C(C)C)nn(C)c1C. The van der Waals surface area contributed by atoms with Gasteiger partial charge in [-0.1, -0.05) is 27.7 Å². The highest BCUT2D eigenvalue weighted by atomic mass is 15.3. The van der Waals surface area contributed by atoms with E-state index in [-0.39, 0.29) is 5.44 Å². The lowest BCUT2D eigenvalue weighted by Crippen LogP contribution is -2.41. The Kier molecular flexibility index (Phi) is 4.08. The second-order valence-corrected chi connectivity index (χ2v) is 6.25. The maximum Gasteiger partial charge on any atom is 0.127 e. The van der Waals surface area contributed by atoms with Gasteiger partial charge in [0.05, 0.1) is 5.69 Å². The average Bonchev–Trinajstić information content (AvgIpc) is 2.44. The van der Waals surface area contributed by atoms with Crippen molar-refractivity contribution >= 4 is 7.85 Å². The quantitative estimate of drug-likeness (QED) is 0.740. The number of rotatable bonds is 4. The molecule has 1 rings (SSSR count). The van der Waals surface area contributed by atoms with E-state index in [1.807, 2.05) is 11.7 Å². The summed E-state index contributed by atoms with van der Waals surface area (Å²) in [7, 11) is 6.45. The standard InChI is InChI=1S/C13H26BN3/c1-9(2)12-11(10(3)17(7)15-12)8-16(6)13(4,5)14/h9H,8,14H2,1-7H3. The smallest absolute Gasteiger partial charge is 0.127 e. The maximum absolute atomic E-state index is 4.63. The number of nitrogens with zero attached hydrogens (tertiary/aromatic N) is 3. The van der Waals surface area contributed by atoms with E-state index in [2.05, 4.69) is 59.5 Å². The minimum atomic E-state index is 0.191. The second-order valence-electron chi connectivity index (χ2n) is 6.25. The van der Waals surface area contributed by atoms with Gasteiger partial charge in [0.1, 0.15) is 7.85 Å². The molecule has 0 N–H and O–H groups in total. The van der Waals surface area contributed by atoms with Crippen LogP contribution in [0.5, 0.6) is 0 Å². The van der Waals surface area contributed by atoms with E-state index in [1.165, 1.54) is 17.0 Å². The Morgan fingerprint density at radius 1 is 1.41 bits per heavy atom. The first-order valence-corrected chi connectivity index (χ1v) is 6.38. The van der Waals surface area contributed by atoms with Crippen LogP contribution in [0.15, 0.2) is 0 Å². The Bertz CT molecular complexity index is 388. The lowest BCUT2D eigenvalue weighted by molar-refractivity contribution is 0.226. The molecule has 1 heterocycles. The Morgan fingerprint density at radius 3 is 2.35 bits per heavy atom. The molecule has 0 aliphatic carbocycles. The summed E-state index contributed by atoms with van der Waals surface area (Å²) in [5.74, 6) is 0.485. The molecule has 0 amide bonds. The zero-order valence-electron chi connectivity index (χ0n) is 12.6. The summed E-state index contributed by atoms with van der Waals surface area (Å²) in [5.41, 5.74) is 4.10. The first kappa shape index (κ1) is 14.3. The van der Waals surface area contributed by atoms with Crippen LogP contribution in [-0.4, -0.2) is 35.0 Å². The van der Waals surface area contributed by atoms with E-state index in [9.17, 15) is 0 Å². The van der Waals surface area contributed by atoms with Gasteiger partial charge >= 0.3 is 0 Å². The fourth-order valence-corrected chi connectivity index (χ4v) is 1.81. The van der Waals surface area contributed by atoms with Gasteiger partial charge in [0, 0.05) is 24.8 Å². The average molecular weight is 235 g/mol. The van der Waals surface area contributed by atoms with Crippen molar-refractivity contribution in [2.24, 2.45) is 7.05 Å². The van der Waals surface area contributed by atoms with E-state index in [0.717, 1.165) is 6.54 Å². The van der Waals surface area contributed by atoms with Crippen molar-refractivity contribution in [3.8, 4) is 0 Å². The highest BCUT2D eigenvalue weighted by Gasteiger charge is 2.22. The third-order valence-electron chi connectivity index (χ3n) is 3.58. The monoisotopic (exact) mass is 235 g/mol. The summed E-state index contributed by atoms with van der Waals surface area (Å²) in [4.78, 5) is 2.38. The van der Waals surface area contributed by atoms with Gasteiger partial charge < -0.3 is 4.90 Å². The molecule has 17 heavy (non-hydrogen) atoms. The molecule has 1 aromatic rings. The zero-order chi connectivity index (χ0) is 13.4. The summed E-state index contributed by atoms with van der Waals surface area (Å²) < 4.78 is 2.00. The summed E-state index contributed by atoms with van der Waals surface area (Å²) in [6, 6.07) is 0. The number of aryl methyl sites for hydroxylation is 1. The van der Waals surface area contributed by atoms with E-state index in [4.69, 9.17) is 0 Å². The molecule has 3 nitrogen and oxygen atoms in total. The Morgan fingerprint density at radius 2 is 1.94 bits per heavy atom. The van der Waals surface area contributed by atoms with Crippen molar-refractivity contribution in [2.45, 2.75) is 52.5 Å². The molecule has 0 saturated heterocycles. The lowest BCUT2D eigenvalue weighted by Gasteiger charge is -2.32. The van der Waals surface area contributed by atoms with Crippen LogP contribution >= 0.6 is 0 Å². The maximum atomic E-state index is 4.63. The highest BCUT2D eigenvalue weighted by molar-refractivity contribution is 6.14. The molecule has 0 saturated carbocycles. The largest absolute Gasteiger partial charge is 0.305 e. The first-order valence-electron chi connectivity index (χ1n) is 6.38. The van der Waals surface area contributed by atoms with E-state index < -0.39 is 0 Å². The summed E-state index contributed by atoms with van der Waals surface area (Å²) in [5, 5.41) is 4.63. The molecule has 0 unspecified atom stereocenters. The normalized spacial score (nSPS) is 12.8. The molecule has 0 bridgehead atoms. The van der Waals surface area contributed by atoms with E-state index in [0.29, 0.717) is 5.92 Å². The van der Waals surface area contributed by atoms with Crippen molar-refractivity contribution in [3.05, 3.63) is 17.0 Å². The fourth-order valence-electron chi connectivity index (χ4n) is 1.81. The summed E-state index contributed by atoms with van der Waals surface area (Å²) >= 11 is 0. The molecular weight excluding hydrogens is 209 g/mol. The fraction of sp³-hybridized carbons (Fsp3) is 0.769. The van der Waals surface area contributed by atoms with Crippen LogP contribution in [0.3, 0.4) is 0 Å². The van der Waals surface area contributed by atoms with Crippen molar-refractivity contribution in [1.82, 2.24) is 14.7 Å². The molecule has 96 valence electrons. The Labute approximate surface area is 107 Å². The number of aromatic nitrogens is 2. The van der Waals surface area contributed by atoms with Crippen molar-refractivity contribution in [1.29, 1.82) is 0 Å². The predicted molar refractivity (Wildman–Crippen MR) is 76.1 cm³/mol. The molecule has 0 fully saturated rings. The van der Waals surface area contributed by atoms with Gasteiger partial charge in [-0.05, 0) is 25.3 Å². The molecule has 0 atom stereocenters. The highest BCUT2D eigenvalue weighted by Crippen LogP contribution is 2.24. The van der Waals surface area contributed by atoms with Gasteiger partial charge in [-0.25, -0.2) is 0 Å². The minimum absolute atomic E-state index is 0.191. The van der Waals surface area contributed by atoms with E-state index in [1.54, 1.807) is 0 Å². The van der Waals surface area contributed by atoms with Gasteiger partial charge in [-0.15, -0.1) is 0 Å². The summed E-state index contributed by atoms with van der Waals surface area (Å²) in [6.45, 7) is 12.0. The van der Waals surface area contributed by atoms with Gasteiger partial charge in [0.15, 0.2) is 0 Å². The van der Waals surface area contributed by atoms with Gasteiger partial charge in [0.2, 0.25) is 0 Å². The predicted octanol–water partition coefficient (Wildman–Crippen LogP) is 1.65. The molecule has 4 heteroatoms. The number of hydrogen-bond donors (Lipinski definition) is 0. The molecule has 1 aromatic heterocycles. The zero-order valence-corrected chi connectivity index (χ0v) is 12.6. The third kappa shape index (κ3) is 3.12. The van der Waals surface area contributed by atoms with Gasteiger partial charge in [-0.2, -0.15) is 5.10 Å². The first-order chi connectivity index (χ1) is 7.64. The lowest BCUT2D eigenvalue weighted by atomic mass is 9.80. The Hall–Kier alpha value is -0.765. The Balaban J connectivity index is 3.05. The van der Waals surface area contributed by atoms with Crippen LogP contribution in [0, 0.1) is 6.92 Å². The van der Waals surface area contributed by atoms with Crippen molar-refractivity contribution in [2.75, 3.05) is 7.05 Å². The van der Waals surface area contributed by atoms with Crippen LogP contribution < -0.4 is 0 Å². The molecule has 0 aliphatic heterocycles. The van der Waals surface area contributed by atoms with Crippen LogP contribution in [0.1, 0.15) is 50.6 Å². The molecule has 0 spiro atoms. The topological polar surface area (TPSA) is 21.1 Å². The minimum Gasteiger partial charge on any atom is -0.305 e. The van der Waals surface area contributed by atoms with Crippen LogP contribution in [0.2, 0.25) is 0 Å². The number of hydrogen-bond acceptors (Lipinski definition) is 2. The second kappa shape index (κ2) is 4.85. The molecular formula is C13H26BN3. The van der Waals surface area contributed by atoms with Crippen LogP contribution in [0.25, 0.3) is 0 Å². The van der Waals surface area contributed by atoms with E-state index >= 15 is 0 Å². The van der Waals surface area contributed by atoms with Crippen molar-refractivity contribution < 1.29 is 0 Å². The van der Waals surface area contributed by atoms with Gasteiger partial charge in [-0.3, -0.25) is 4.68 Å².